The van der Waals surface area contributed by atoms with Crippen LogP contribution in [0.25, 0.3) is 0 Å². The maximum Gasteiger partial charge on any atom is 0.232 e. The van der Waals surface area contributed by atoms with Crippen molar-refractivity contribution < 1.29 is 8.42 Å². The monoisotopic (exact) mass is 240 g/mol. The molecule has 0 heterocycles. The predicted octanol–water partition coefficient (Wildman–Crippen LogP) is 1.73. The number of sulfonamides is 1. The van der Waals surface area contributed by atoms with Gasteiger partial charge in [-0.2, -0.15) is 0 Å². The minimum absolute atomic E-state index is 0.233. The third-order valence-electron chi connectivity index (χ3n) is 2.70. The van der Waals surface area contributed by atoms with Gasteiger partial charge in [-0.15, -0.1) is 0 Å². The second kappa shape index (κ2) is 3.97. The highest BCUT2D eigenvalue weighted by atomic mass is 32.2. The van der Waals surface area contributed by atoms with Crippen LogP contribution in [0.5, 0.6) is 0 Å². The minimum Gasteiger partial charge on any atom is -0.399 e. The summed E-state index contributed by atoms with van der Waals surface area (Å²) in [5, 5.41) is 0. The first kappa shape index (κ1) is 11.3. The number of benzene rings is 1. The molecule has 0 aliphatic heterocycles. The Hall–Kier alpha value is -1.23. The second-order valence-corrected chi connectivity index (χ2v) is 6.17. The van der Waals surface area contributed by atoms with Gasteiger partial charge in [-0.05, 0) is 49.4 Å². The lowest BCUT2D eigenvalue weighted by atomic mass is 10.2. The number of aryl methyl sites for hydroxylation is 1. The zero-order valence-corrected chi connectivity index (χ0v) is 10.0. The molecule has 16 heavy (non-hydrogen) atoms. The maximum absolute atomic E-state index is 11.7. The maximum atomic E-state index is 11.7. The van der Waals surface area contributed by atoms with E-state index in [0.717, 1.165) is 18.4 Å². The molecule has 0 saturated heterocycles. The molecule has 0 spiro atoms. The van der Waals surface area contributed by atoms with Crippen molar-refractivity contribution in [3.8, 4) is 0 Å². The summed E-state index contributed by atoms with van der Waals surface area (Å²) in [6, 6.07) is 5.15. The molecule has 0 atom stereocenters. The van der Waals surface area contributed by atoms with E-state index in [9.17, 15) is 8.42 Å². The minimum atomic E-state index is -3.19. The molecule has 88 valence electrons. The molecule has 1 fully saturated rings. The van der Waals surface area contributed by atoms with E-state index in [2.05, 4.69) is 4.72 Å². The quantitative estimate of drug-likeness (QED) is 0.787. The van der Waals surface area contributed by atoms with Crippen molar-refractivity contribution in [2.75, 3.05) is 16.2 Å². The SMILES string of the molecule is Cc1cc(NS(=O)(=O)CC2CC2)ccc1N. The molecule has 3 N–H and O–H groups in total. The van der Waals surface area contributed by atoms with Crippen molar-refractivity contribution >= 4 is 21.4 Å². The van der Waals surface area contributed by atoms with Crippen LogP contribution in [-0.2, 0) is 10.0 Å². The molecule has 1 aliphatic rings. The van der Waals surface area contributed by atoms with Gasteiger partial charge in [-0.3, -0.25) is 4.72 Å². The summed E-state index contributed by atoms with van der Waals surface area (Å²) in [4.78, 5) is 0. The number of nitrogens with one attached hydrogen (secondary N) is 1. The lowest BCUT2D eigenvalue weighted by Crippen LogP contribution is -2.17. The topological polar surface area (TPSA) is 72.2 Å². The summed E-state index contributed by atoms with van der Waals surface area (Å²) in [5.74, 6) is 0.587. The zero-order chi connectivity index (χ0) is 11.8. The lowest BCUT2D eigenvalue weighted by molar-refractivity contribution is 0.597. The molecule has 0 unspecified atom stereocenters. The van der Waals surface area contributed by atoms with Gasteiger partial charge in [0.05, 0.1) is 5.75 Å². The van der Waals surface area contributed by atoms with Crippen molar-refractivity contribution in [2.45, 2.75) is 19.8 Å². The molecule has 0 radical (unpaired) electrons. The summed E-state index contributed by atoms with van der Waals surface area (Å²) in [5.41, 5.74) is 7.81. The van der Waals surface area contributed by atoms with Crippen molar-refractivity contribution in [3.63, 3.8) is 0 Å². The van der Waals surface area contributed by atoms with E-state index in [4.69, 9.17) is 5.73 Å². The van der Waals surface area contributed by atoms with Gasteiger partial charge < -0.3 is 5.73 Å². The number of anilines is 2. The van der Waals surface area contributed by atoms with Gasteiger partial charge in [-0.1, -0.05) is 0 Å². The highest BCUT2D eigenvalue weighted by Gasteiger charge is 2.27. The van der Waals surface area contributed by atoms with Gasteiger partial charge in [-0.25, -0.2) is 8.42 Å². The number of rotatable bonds is 4. The third kappa shape index (κ3) is 2.88. The summed E-state index contributed by atoms with van der Waals surface area (Å²) >= 11 is 0. The Labute approximate surface area is 95.9 Å². The number of hydrogen-bond donors (Lipinski definition) is 2. The van der Waals surface area contributed by atoms with Crippen LogP contribution in [0, 0.1) is 12.8 Å². The Morgan fingerprint density at radius 3 is 2.69 bits per heavy atom. The Kier molecular flexibility index (Phi) is 2.80. The first-order chi connectivity index (χ1) is 7.46. The van der Waals surface area contributed by atoms with Crippen LogP contribution in [0.4, 0.5) is 11.4 Å². The lowest BCUT2D eigenvalue weighted by Gasteiger charge is -2.09. The molecule has 1 saturated carbocycles. The second-order valence-electron chi connectivity index (χ2n) is 4.40. The Morgan fingerprint density at radius 2 is 2.12 bits per heavy atom. The molecule has 2 rings (SSSR count). The summed E-state index contributed by atoms with van der Waals surface area (Å²) in [7, 11) is -3.19. The molecular formula is C11H16N2O2S. The van der Waals surface area contributed by atoms with Crippen LogP contribution in [0.15, 0.2) is 18.2 Å². The number of nitrogen functional groups attached to an aromatic ring is 1. The molecule has 0 bridgehead atoms. The molecule has 1 aliphatic carbocycles. The van der Waals surface area contributed by atoms with Crippen LogP contribution < -0.4 is 10.5 Å². The molecule has 1 aromatic carbocycles. The van der Waals surface area contributed by atoms with Crippen LogP contribution in [0.2, 0.25) is 0 Å². The molecule has 0 aromatic heterocycles. The molecular weight excluding hydrogens is 224 g/mol. The van der Waals surface area contributed by atoms with Crippen LogP contribution >= 0.6 is 0 Å². The fraction of sp³-hybridized carbons (Fsp3) is 0.455. The smallest absolute Gasteiger partial charge is 0.232 e. The Bertz CT molecular complexity index is 493. The molecule has 4 nitrogen and oxygen atoms in total. The Balaban J connectivity index is 2.10. The summed E-state index contributed by atoms with van der Waals surface area (Å²) < 4.78 is 26.0. The van der Waals surface area contributed by atoms with E-state index in [1.807, 2.05) is 6.92 Å². The van der Waals surface area contributed by atoms with Crippen molar-refractivity contribution in [1.82, 2.24) is 0 Å². The first-order valence-electron chi connectivity index (χ1n) is 5.33. The number of hydrogen-bond acceptors (Lipinski definition) is 3. The molecule has 5 heteroatoms. The van der Waals surface area contributed by atoms with Gasteiger partial charge in [0.1, 0.15) is 0 Å². The highest BCUT2D eigenvalue weighted by Crippen LogP contribution is 2.30. The Morgan fingerprint density at radius 1 is 1.44 bits per heavy atom. The normalized spacial score (nSPS) is 16.1. The largest absolute Gasteiger partial charge is 0.399 e. The average Bonchev–Trinajstić information content (AvgIpc) is 2.94. The summed E-state index contributed by atoms with van der Waals surface area (Å²) in [6.45, 7) is 1.86. The van der Waals surface area contributed by atoms with Crippen molar-refractivity contribution in [2.24, 2.45) is 5.92 Å². The standard InChI is InChI=1S/C11H16N2O2S/c1-8-6-10(4-5-11(8)12)13-16(14,15)7-9-2-3-9/h4-6,9,13H,2-3,7,12H2,1H3. The number of nitrogens with two attached hydrogens (primary N) is 1. The van der Waals surface area contributed by atoms with Crippen molar-refractivity contribution in [3.05, 3.63) is 23.8 Å². The fourth-order valence-electron chi connectivity index (χ4n) is 1.56. The van der Waals surface area contributed by atoms with Gasteiger partial charge >= 0.3 is 0 Å². The van der Waals surface area contributed by atoms with E-state index in [-0.39, 0.29) is 5.75 Å². The van der Waals surface area contributed by atoms with Gasteiger partial charge in [0.15, 0.2) is 0 Å². The van der Waals surface area contributed by atoms with Gasteiger partial charge in [0.2, 0.25) is 10.0 Å². The fourth-order valence-corrected chi connectivity index (χ4v) is 3.08. The predicted molar refractivity (Wildman–Crippen MR) is 65.7 cm³/mol. The first-order valence-corrected chi connectivity index (χ1v) is 6.98. The van der Waals surface area contributed by atoms with E-state index in [0.29, 0.717) is 17.3 Å². The van der Waals surface area contributed by atoms with E-state index < -0.39 is 10.0 Å². The van der Waals surface area contributed by atoms with Crippen LogP contribution in [0.3, 0.4) is 0 Å². The van der Waals surface area contributed by atoms with E-state index >= 15 is 0 Å². The van der Waals surface area contributed by atoms with E-state index in [1.54, 1.807) is 18.2 Å². The van der Waals surface area contributed by atoms with Crippen LogP contribution in [-0.4, -0.2) is 14.2 Å². The third-order valence-corrected chi connectivity index (χ3v) is 4.15. The van der Waals surface area contributed by atoms with Gasteiger partial charge in [0.25, 0.3) is 0 Å². The average molecular weight is 240 g/mol. The van der Waals surface area contributed by atoms with Gasteiger partial charge in [0, 0.05) is 11.4 Å². The molecule has 0 amide bonds. The van der Waals surface area contributed by atoms with E-state index in [1.165, 1.54) is 0 Å². The highest BCUT2D eigenvalue weighted by molar-refractivity contribution is 7.92. The van der Waals surface area contributed by atoms with Crippen LogP contribution in [0.1, 0.15) is 18.4 Å². The van der Waals surface area contributed by atoms with Crippen molar-refractivity contribution in [1.29, 1.82) is 0 Å². The zero-order valence-electron chi connectivity index (χ0n) is 9.23. The summed E-state index contributed by atoms with van der Waals surface area (Å²) in [6.07, 6.45) is 2.06. The molecule has 1 aromatic rings.